The first-order valence-electron chi connectivity index (χ1n) is 5.91. The molecule has 0 spiro atoms. The van der Waals surface area contributed by atoms with Crippen LogP contribution in [0.1, 0.15) is 36.3 Å². The minimum atomic E-state index is -4.18. The van der Waals surface area contributed by atoms with Crippen LogP contribution >= 0.6 is 0 Å². The normalized spacial score (nSPS) is 15.3. The maximum atomic E-state index is 12.2. The molecule has 1 aromatic heterocycles. The third-order valence-electron chi connectivity index (χ3n) is 3.00. The van der Waals surface area contributed by atoms with Gasteiger partial charge in [-0.05, 0) is 25.7 Å². The zero-order chi connectivity index (χ0) is 13.2. The van der Waals surface area contributed by atoms with E-state index < -0.39 is 12.6 Å². The lowest BCUT2D eigenvalue weighted by Gasteiger charge is -2.18. The van der Waals surface area contributed by atoms with E-state index in [-0.39, 0.29) is 12.2 Å². The average Bonchev–Trinajstić information content (AvgIpc) is 2.34. The Morgan fingerprint density at radius 1 is 1.17 bits per heavy atom. The smallest absolute Gasteiger partial charge is 0.308 e. The molecule has 100 valence electrons. The number of aromatic nitrogens is 2. The van der Waals surface area contributed by atoms with Gasteiger partial charge in [0.05, 0.1) is 6.42 Å². The Bertz CT molecular complexity index is 414. The van der Waals surface area contributed by atoms with Gasteiger partial charge in [-0.2, -0.15) is 13.2 Å². The first-order chi connectivity index (χ1) is 8.49. The average molecular weight is 260 g/mol. The highest BCUT2D eigenvalue weighted by Crippen LogP contribution is 2.26. The Morgan fingerprint density at radius 2 is 1.89 bits per heavy atom. The molecule has 0 aliphatic heterocycles. The second-order valence-electron chi connectivity index (χ2n) is 4.38. The lowest BCUT2D eigenvalue weighted by atomic mass is 9.96. The molecule has 0 amide bonds. The standard InChI is InChI=1S/C11H15F3N4/c12-11(13,14)6-5-9-16-8-4-2-1-3-7(8)10(17-9)18-15/h1-6,15H2,(H,16,17,18). The number of nitrogens with two attached hydrogens (primary N) is 1. The Morgan fingerprint density at radius 3 is 2.56 bits per heavy atom. The largest absolute Gasteiger partial charge is 0.389 e. The van der Waals surface area contributed by atoms with Crippen LogP contribution in [0.5, 0.6) is 0 Å². The second-order valence-corrected chi connectivity index (χ2v) is 4.38. The summed E-state index contributed by atoms with van der Waals surface area (Å²) >= 11 is 0. The van der Waals surface area contributed by atoms with E-state index in [1.54, 1.807) is 0 Å². The molecule has 0 fully saturated rings. The van der Waals surface area contributed by atoms with Crippen LogP contribution in [0.2, 0.25) is 0 Å². The van der Waals surface area contributed by atoms with E-state index in [2.05, 4.69) is 15.4 Å². The molecule has 0 aromatic carbocycles. The SMILES string of the molecule is NNc1nc(CCC(F)(F)F)nc2c1CCCC2. The fraction of sp³-hybridized carbons (Fsp3) is 0.636. The number of hydrogen-bond acceptors (Lipinski definition) is 4. The topological polar surface area (TPSA) is 63.8 Å². The zero-order valence-electron chi connectivity index (χ0n) is 9.85. The fourth-order valence-corrected chi connectivity index (χ4v) is 2.13. The lowest BCUT2D eigenvalue weighted by Crippen LogP contribution is -2.19. The van der Waals surface area contributed by atoms with Crippen molar-refractivity contribution in [1.29, 1.82) is 0 Å². The third kappa shape index (κ3) is 3.10. The third-order valence-corrected chi connectivity index (χ3v) is 3.00. The Kier molecular flexibility index (Phi) is 3.70. The maximum absolute atomic E-state index is 12.2. The van der Waals surface area contributed by atoms with Gasteiger partial charge < -0.3 is 5.43 Å². The van der Waals surface area contributed by atoms with Crippen molar-refractivity contribution in [3.05, 3.63) is 17.1 Å². The molecule has 1 aromatic rings. The molecule has 0 saturated heterocycles. The summed E-state index contributed by atoms with van der Waals surface area (Å²) in [6.07, 6.45) is -1.64. The summed E-state index contributed by atoms with van der Waals surface area (Å²) in [7, 11) is 0. The molecule has 0 bridgehead atoms. The molecule has 0 radical (unpaired) electrons. The predicted octanol–water partition coefficient (Wildman–Crippen LogP) is 2.14. The summed E-state index contributed by atoms with van der Waals surface area (Å²) in [5.41, 5.74) is 4.24. The van der Waals surface area contributed by atoms with Crippen LogP contribution in [0, 0.1) is 0 Å². The van der Waals surface area contributed by atoms with Crippen molar-refractivity contribution in [3.63, 3.8) is 0 Å². The molecule has 7 heteroatoms. The number of nitrogens with zero attached hydrogens (tertiary/aromatic N) is 2. The number of alkyl halides is 3. The van der Waals surface area contributed by atoms with Crippen LogP contribution in [0.4, 0.5) is 19.0 Å². The van der Waals surface area contributed by atoms with Gasteiger partial charge in [-0.15, -0.1) is 0 Å². The summed E-state index contributed by atoms with van der Waals surface area (Å²) in [6.45, 7) is 0. The van der Waals surface area contributed by atoms with Gasteiger partial charge in [0.2, 0.25) is 0 Å². The van der Waals surface area contributed by atoms with E-state index in [1.807, 2.05) is 0 Å². The van der Waals surface area contributed by atoms with E-state index in [4.69, 9.17) is 5.84 Å². The van der Waals surface area contributed by atoms with Crippen molar-refractivity contribution in [2.45, 2.75) is 44.7 Å². The molecule has 1 aliphatic rings. The van der Waals surface area contributed by atoms with Crippen molar-refractivity contribution >= 4 is 5.82 Å². The van der Waals surface area contributed by atoms with Crippen molar-refractivity contribution in [1.82, 2.24) is 9.97 Å². The molecule has 3 N–H and O–H groups in total. The molecule has 2 rings (SSSR count). The van der Waals surface area contributed by atoms with Gasteiger partial charge in [0.25, 0.3) is 0 Å². The summed E-state index contributed by atoms with van der Waals surface area (Å²) in [5, 5.41) is 0. The number of rotatable bonds is 3. The van der Waals surface area contributed by atoms with Gasteiger partial charge in [0, 0.05) is 17.7 Å². The number of anilines is 1. The van der Waals surface area contributed by atoms with Gasteiger partial charge in [0.15, 0.2) is 0 Å². The lowest BCUT2D eigenvalue weighted by molar-refractivity contribution is -0.134. The van der Waals surface area contributed by atoms with Crippen molar-refractivity contribution in [3.8, 4) is 0 Å². The fourth-order valence-electron chi connectivity index (χ4n) is 2.13. The number of fused-ring (bicyclic) bond motifs is 1. The van der Waals surface area contributed by atoms with Crippen LogP contribution in [0.25, 0.3) is 0 Å². The van der Waals surface area contributed by atoms with Gasteiger partial charge in [0.1, 0.15) is 11.6 Å². The second kappa shape index (κ2) is 5.09. The minimum Gasteiger partial charge on any atom is -0.308 e. The highest BCUT2D eigenvalue weighted by molar-refractivity contribution is 5.46. The number of halogens is 3. The summed E-state index contributed by atoms with van der Waals surface area (Å²) in [5.74, 6) is 6.04. The van der Waals surface area contributed by atoms with Crippen LogP contribution < -0.4 is 11.3 Å². The van der Waals surface area contributed by atoms with Crippen LogP contribution in [0.3, 0.4) is 0 Å². The van der Waals surface area contributed by atoms with Crippen LogP contribution in [0.15, 0.2) is 0 Å². The molecular formula is C11H15F3N4. The Hall–Kier alpha value is -1.37. The highest BCUT2D eigenvalue weighted by atomic mass is 19.4. The van der Waals surface area contributed by atoms with E-state index >= 15 is 0 Å². The molecule has 18 heavy (non-hydrogen) atoms. The zero-order valence-corrected chi connectivity index (χ0v) is 9.85. The molecule has 4 nitrogen and oxygen atoms in total. The van der Waals surface area contributed by atoms with Gasteiger partial charge in [-0.25, -0.2) is 15.8 Å². The van der Waals surface area contributed by atoms with E-state index in [0.717, 1.165) is 36.9 Å². The summed E-state index contributed by atoms with van der Waals surface area (Å²) in [6, 6.07) is 0. The molecule has 0 saturated carbocycles. The number of hydrazine groups is 1. The highest BCUT2D eigenvalue weighted by Gasteiger charge is 2.27. The summed E-state index contributed by atoms with van der Waals surface area (Å²) in [4.78, 5) is 8.28. The van der Waals surface area contributed by atoms with Crippen LogP contribution in [-0.4, -0.2) is 16.1 Å². The van der Waals surface area contributed by atoms with Gasteiger partial charge in [-0.3, -0.25) is 0 Å². The van der Waals surface area contributed by atoms with Gasteiger partial charge in [-0.1, -0.05) is 0 Å². The molecule has 0 unspecified atom stereocenters. The van der Waals surface area contributed by atoms with Crippen molar-refractivity contribution < 1.29 is 13.2 Å². The Labute approximate surface area is 103 Å². The number of nitrogen functional groups attached to an aromatic ring is 1. The van der Waals surface area contributed by atoms with E-state index in [0.29, 0.717) is 5.82 Å². The number of nitrogens with one attached hydrogen (secondary N) is 1. The van der Waals surface area contributed by atoms with Gasteiger partial charge >= 0.3 is 6.18 Å². The first-order valence-corrected chi connectivity index (χ1v) is 5.91. The van der Waals surface area contributed by atoms with Crippen molar-refractivity contribution in [2.75, 3.05) is 5.43 Å². The molecule has 1 aliphatic carbocycles. The Balaban J connectivity index is 2.21. The molecule has 1 heterocycles. The predicted molar refractivity (Wildman–Crippen MR) is 60.9 cm³/mol. The van der Waals surface area contributed by atoms with E-state index in [1.165, 1.54) is 0 Å². The van der Waals surface area contributed by atoms with Crippen molar-refractivity contribution in [2.24, 2.45) is 5.84 Å². The maximum Gasteiger partial charge on any atom is 0.389 e. The van der Waals surface area contributed by atoms with E-state index in [9.17, 15) is 13.2 Å². The molecular weight excluding hydrogens is 245 g/mol. The number of hydrogen-bond donors (Lipinski definition) is 2. The van der Waals surface area contributed by atoms with Crippen LogP contribution in [-0.2, 0) is 19.3 Å². The first kappa shape index (κ1) is 13.1. The minimum absolute atomic E-state index is 0.203. The quantitative estimate of drug-likeness (QED) is 0.645. The monoisotopic (exact) mass is 260 g/mol. The molecule has 0 atom stereocenters. The summed E-state index contributed by atoms with van der Waals surface area (Å²) < 4.78 is 36.5. The number of aryl methyl sites for hydroxylation is 2.